The van der Waals surface area contributed by atoms with Gasteiger partial charge in [0, 0.05) is 7.11 Å². The lowest BCUT2D eigenvalue weighted by Gasteiger charge is -2.37. The van der Waals surface area contributed by atoms with Crippen LogP contribution in [0.5, 0.6) is 0 Å². The lowest BCUT2D eigenvalue weighted by molar-refractivity contribution is -0.113. The number of ether oxygens (including phenoxy) is 1. The summed E-state index contributed by atoms with van der Waals surface area (Å²) in [7, 11) is 1.60. The third kappa shape index (κ3) is 1.77. The van der Waals surface area contributed by atoms with Gasteiger partial charge in [-0.15, -0.1) is 0 Å². The molecule has 2 atom stereocenters. The molecule has 1 rings (SSSR count). The number of nitrogens with zero attached hydrogens (tertiary/aromatic N) is 1. The number of rotatable bonds is 2. The normalized spacial score (nSPS) is 35.9. The molecule has 0 amide bonds. The molecule has 1 saturated carbocycles. The highest BCUT2D eigenvalue weighted by Gasteiger charge is 2.38. The van der Waals surface area contributed by atoms with Crippen molar-refractivity contribution in [3.63, 3.8) is 0 Å². The summed E-state index contributed by atoms with van der Waals surface area (Å²) in [4.78, 5) is 0. The molecule has 1 aliphatic carbocycles. The van der Waals surface area contributed by atoms with Gasteiger partial charge in [-0.1, -0.05) is 12.8 Å². The Balaban J connectivity index is 2.63. The first kappa shape index (κ1) is 9.50. The average Bonchev–Trinajstić information content (AvgIpc) is 2.05. The van der Waals surface area contributed by atoms with E-state index in [4.69, 9.17) is 10.00 Å². The Morgan fingerprint density at radius 1 is 1.67 bits per heavy atom. The van der Waals surface area contributed by atoms with Crippen LogP contribution >= 0.6 is 0 Å². The molecule has 1 fully saturated rings. The van der Waals surface area contributed by atoms with Crippen LogP contribution < -0.4 is 0 Å². The Bertz CT molecular complexity index is 187. The van der Waals surface area contributed by atoms with Gasteiger partial charge >= 0.3 is 0 Å². The topological polar surface area (TPSA) is 53.2 Å². The van der Waals surface area contributed by atoms with Crippen LogP contribution in [-0.4, -0.2) is 23.9 Å². The molecule has 0 aromatic rings. The van der Waals surface area contributed by atoms with Crippen LogP contribution in [0.4, 0.5) is 0 Å². The number of hydrogen-bond donors (Lipinski definition) is 1. The van der Waals surface area contributed by atoms with E-state index >= 15 is 0 Å². The summed E-state index contributed by atoms with van der Waals surface area (Å²) in [6.07, 6.45) is 3.69. The molecule has 12 heavy (non-hydrogen) atoms. The first-order chi connectivity index (χ1) is 5.73. The fraction of sp³-hybridized carbons (Fsp3) is 0.889. The third-order valence-corrected chi connectivity index (χ3v) is 2.60. The second-order valence-corrected chi connectivity index (χ2v) is 3.41. The predicted octanol–water partition coefficient (Wildman–Crippen LogP) is 1.22. The molecule has 0 aliphatic heterocycles. The second-order valence-electron chi connectivity index (χ2n) is 3.41. The average molecular weight is 169 g/mol. The summed E-state index contributed by atoms with van der Waals surface area (Å²) in [5.41, 5.74) is -0.887. The van der Waals surface area contributed by atoms with Crippen LogP contribution in [0.25, 0.3) is 0 Å². The number of methoxy groups -OCH3 is 1. The minimum Gasteiger partial charge on any atom is -0.386 e. The maximum atomic E-state index is 9.98. The number of hydrogen-bond acceptors (Lipinski definition) is 3. The summed E-state index contributed by atoms with van der Waals surface area (Å²) in [5, 5.41) is 18.5. The summed E-state index contributed by atoms with van der Waals surface area (Å²) in [6, 6.07) is 2.01. The van der Waals surface area contributed by atoms with Crippen molar-refractivity contribution in [3.8, 4) is 6.07 Å². The van der Waals surface area contributed by atoms with E-state index in [2.05, 4.69) is 0 Å². The van der Waals surface area contributed by atoms with Gasteiger partial charge in [-0.25, -0.2) is 0 Å². The molecule has 3 nitrogen and oxygen atoms in total. The van der Waals surface area contributed by atoms with Crippen LogP contribution in [0, 0.1) is 11.3 Å². The molecule has 0 spiro atoms. The van der Waals surface area contributed by atoms with Crippen molar-refractivity contribution in [2.45, 2.75) is 43.8 Å². The first-order valence-electron chi connectivity index (χ1n) is 4.35. The number of aliphatic hydroxyl groups is 1. The molecule has 2 unspecified atom stereocenters. The Hall–Kier alpha value is -0.590. The monoisotopic (exact) mass is 169 g/mol. The Morgan fingerprint density at radius 3 is 3.00 bits per heavy atom. The van der Waals surface area contributed by atoms with Gasteiger partial charge < -0.3 is 9.84 Å². The highest BCUT2D eigenvalue weighted by molar-refractivity contribution is 4.97. The summed E-state index contributed by atoms with van der Waals surface area (Å²) < 4.78 is 5.16. The van der Waals surface area contributed by atoms with Crippen molar-refractivity contribution in [2.75, 3.05) is 7.11 Å². The lowest BCUT2D eigenvalue weighted by atomic mass is 9.80. The molecule has 0 saturated heterocycles. The summed E-state index contributed by atoms with van der Waals surface area (Å²) in [6.45, 7) is 0. The molecule has 0 bridgehead atoms. The predicted molar refractivity (Wildman–Crippen MR) is 44.4 cm³/mol. The smallest absolute Gasteiger partial charge is 0.104 e. The van der Waals surface area contributed by atoms with Gasteiger partial charge in [-0.05, 0) is 12.8 Å². The van der Waals surface area contributed by atoms with E-state index in [1.165, 1.54) is 0 Å². The van der Waals surface area contributed by atoms with E-state index in [9.17, 15) is 5.11 Å². The molecule has 68 valence electrons. The van der Waals surface area contributed by atoms with E-state index in [1.807, 2.05) is 6.07 Å². The standard InChI is InChI=1S/C9H15NO2/c1-12-8-4-2-3-5-9(8,11)6-7-10/h8,11H,2-6H2,1H3. The van der Waals surface area contributed by atoms with Gasteiger partial charge in [0.15, 0.2) is 0 Å². The van der Waals surface area contributed by atoms with Gasteiger partial charge in [-0.2, -0.15) is 5.26 Å². The minimum absolute atomic E-state index is 0.147. The van der Waals surface area contributed by atoms with Crippen LogP contribution in [-0.2, 0) is 4.74 Å². The molecule has 1 N–H and O–H groups in total. The van der Waals surface area contributed by atoms with Crippen LogP contribution in [0.2, 0.25) is 0 Å². The van der Waals surface area contributed by atoms with E-state index in [-0.39, 0.29) is 12.5 Å². The van der Waals surface area contributed by atoms with Gasteiger partial charge in [0.25, 0.3) is 0 Å². The third-order valence-electron chi connectivity index (χ3n) is 2.60. The fourth-order valence-electron chi connectivity index (χ4n) is 1.87. The quantitative estimate of drug-likeness (QED) is 0.676. The molecule has 0 aromatic carbocycles. The van der Waals surface area contributed by atoms with Crippen LogP contribution in [0.3, 0.4) is 0 Å². The minimum atomic E-state index is -0.887. The molecular weight excluding hydrogens is 154 g/mol. The second kappa shape index (κ2) is 3.88. The highest BCUT2D eigenvalue weighted by Crippen LogP contribution is 2.32. The Morgan fingerprint density at radius 2 is 2.42 bits per heavy atom. The van der Waals surface area contributed by atoms with Gasteiger partial charge in [-0.3, -0.25) is 0 Å². The Kier molecular flexibility index (Phi) is 3.07. The largest absolute Gasteiger partial charge is 0.386 e. The van der Waals surface area contributed by atoms with Crippen molar-refractivity contribution in [2.24, 2.45) is 0 Å². The molecule has 3 heteroatoms. The van der Waals surface area contributed by atoms with E-state index in [0.717, 1.165) is 19.3 Å². The van der Waals surface area contributed by atoms with Crippen molar-refractivity contribution >= 4 is 0 Å². The molecular formula is C9H15NO2. The van der Waals surface area contributed by atoms with Crippen molar-refractivity contribution in [1.82, 2.24) is 0 Å². The van der Waals surface area contributed by atoms with Crippen molar-refractivity contribution in [3.05, 3.63) is 0 Å². The fourth-order valence-corrected chi connectivity index (χ4v) is 1.87. The first-order valence-corrected chi connectivity index (χ1v) is 4.35. The molecule has 1 aliphatic rings. The molecule has 0 radical (unpaired) electrons. The van der Waals surface area contributed by atoms with E-state index in [0.29, 0.717) is 6.42 Å². The molecule has 0 heterocycles. The van der Waals surface area contributed by atoms with Gasteiger partial charge in [0.05, 0.1) is 18.6 Å². The van der Waals surface area contributed by atoms with Crippen LogP contribution in [0.1, 0.15) is 32.1 Å². The van der Waals surface area contributed by atoms with Gasteiger partial charge in [0.1, 0.15) is 5.60 Å². The maximum absolute atomic E-state index is 9.98. The Labute approximate surface area is 73.0 Å². The zero-order valence-electron chi connectivity index (χ0n) is 7.42. The zero-order chi connectivity index (χ0) is 9.03. The molecule has 0 aromatic heterocycles. The zero-order valence-corrected chi connectivity index (χ0v) is 7.42. The maximum Gasteiger partial charge on any atom is 0.104 e. The van der Waals surface area contributed by atoms with Crippen molar-refractivity contribution in [1.29, 1.82) is 5.26 Å². The van der Waals surface area contributed by atoms with E-state index in [1.54, 1.807) is 7.11 Å². The highest BCUT2D eigenvalue weighted by atomic mass is 16.5. The van der Waals surface area contributed by atoms with Crippen LogP contribution in [0.15, 0.2) is 0 Å². The van der Waals surface area contributed by atoms with E-state index < -0.39 is 5.60 Å². The summed E-state index contributed by atoms with van der Waals surface area (Å²) >= 11 is 0. The number of nitriles is 1. The lowest BCUT2D eigenvalue weighted by Crippen LogP contribution is -2.45. The SMILES string of the molecule is COC1CCCCC1(O)CC#N. The summed E-state index contributed by atoms with van der Waals surface area (Å²) in [5.74, 6) is 0. The van der Waals surface area contributed by atoms with Crippen molar-refractivity contribution < 1.29 is 9.84 Å². The van der Waals surface area contributed by atoms with Gasteiger partial charge in [0.2, 0.25) is 0 Å².